The Kier molecular flexibility index (Phi) is 11.7. The molecule has 0 saturated carbocycles. The number of nitrogens with one attached hydrogen (secondary N) is 1. The van der Waals surface area contributed by atoms with Crippen LogP contribution in [0.3, 0.4) is 0 Å². The molecule has 0 spiro atoms. The van der Waals surface area contributed by atoms with Gasteiger partial charge in [0.15, 0.2) is 5.69 Å². The van der Waals surface area contributed by atoms with E-state index in [2.05, 4.69) is 19.2 Å². The zero-order valence-electron chi connectivity index (χ0n) is 27.9. The van der Waals surface area contributed by atoms with Gasteiger partial charge in [-0.3, -0.25) is 14.4 Å². The van der Waals surface area contributed by atoms with Crippen LogP contribution >= 0.6 is 11.6 Å². The highest BCUT2D eigenvalue weighted by atomic mass is 35.5. The van der Waals surface area contributed by atoms with E-state index < -0.39 is 6.04 Å². The van der Waals surface area contributed by atoms with Crippen LogP contribution in [0.1, 0.15) is 82.8 Å². The summed E-state index contributed by atoms with van der Waals surface area (Å²) in [5.41, 5.74) is 5.17. The third-order valence-electron chi connectivity index (χ3n) is 8.80. The van der Waals surface area contributed by atoms with Crippen molar-refractivity contribution in [2.24, 2.45) is 0 Å². The summed E-state index contributed by atoms with van der Waals surface area (Å²) >= 11 is 6.01. The fourth-order valence-corrected chi connectivity index (χ4v) is 6.23. The van der Waals surface area contributed by atoms with E-state index in [1.54, 1.807) is 58.1 Å². The molecule has 1 aliphatic heterocycles. The molecule has 9 nitrogen and oxygen atoms in total. The van der Waals surface area contributed by atoms with Crippen LogP contribution in [0.15, 0.2) is 72.8 Å². The Morgan fingerprint density at radius 1 is 0.958 bits per heavy atom. The molecule has 4 aromatic rings. The van der Waals surface area contributed by atoms with Crippen LogP contribution in [-0.2, 0) is 24.2 Å². The Morgan fingerprint density at radius 3 is 2.31 bits per heavy atom. The van der Waals surface area contributed by atoms with Crippen LogP contribution in [0.2, 0.25) is 5.02 Å². The molecule has 2 N–H and O–H groups in total. The normalized spacial score (nSPS) is 14.0. The number of aliphatic hydroxyl groups excluding tert-OH is 1. The maximum absolute atomic E-state index is 14.5. The number of halogens is 1. The average Bonchev–Trinajstić information content (AvgIpc) is 3.49. The van der Waals surface area contributed by atoms with E-state index in [0.29, 0.717) is 59.4 Å². The molecule has 2 heterocycles. The molecule has 0 saturated heterocycles. The Balaban J connectivity index is 1.51. The van der Waals surface area contributed by atoms with Gasteiger partial charge in [-0.25, -0.2) is 4.68 Å². The van der Waals surface area contributed by atoms with E-state index in [4.69, 9.17) is 16.7 Å². The van der Waals surface area contributed by atoms with Gasteiger partial charge in [0, 0.05) is 36.0 Å². The van der Waals surface area contributed by atoms with Crippen LogP contribution in [0, 0.1) is 6.92 Å². The van der Waals surface area contributed by atoms with Gasteiger partial charge in [-0.2, -0.15) is 5.10 Å². The molecule has 3 amide bonds. The number of anilines is 1. The topological polar surface area (TPSA) is 108 Å². The zero-order valence-corrected chi connectivity index (χ0v) is 28.7. The maximum Gasteiger partial charge on any atom is 0.274 e. The van der Waals surface area contributed by atoms with Gasteiger partial charge in [0.1, 0.15) is 0 Å². The van der Waals surface area contributed by atoms with Crippen molar-refractivity contribution < 1.29 is 19.5 Å². The fourth-order valence-electron chi connectivity index (χ4n) is 6.10. The number of benzene rings is 3. The fraction of sp³-hybridized carbons (Fsp3) is 0.368. The highest BCUT2D eigenvalue weighted by molar-refractivity contribution is 6.30. The predicted molar refractivity (Wildman–Crippen MR) is 189 cm³/mol. The van der Waals surface area contributed by atoms with E-state index >= 15 is 0 Å². The number of aromatic nitrogens is 2. The second-order valence-corrected chi connectivity index (χ2v) is 12.8. The number of aryl methyl sites for hydroxylation is 1. The monoisotopic (exact) mass is 669 g/mol. The van der Waals surface area contributed by atoms with E-state index in [1.165, 1.54) is 0 Å². The van der Waals surface area contributed by atoms with Crippen LogP contribution in [0.5, 0.6) is 0 Å². The second kappa shape index (κ2) is 16.1. The van der Waals surface area contributed by atoms with Crippen LogP contribution in [0.4, 0.5) is 5.69 Å². The van der Waals surface area contributed by atoms with Gasteiger partial charge in [0.2, 0.25) is 5.91 Å². The lowest BCUT2D eigenvalue weighted by Crippen LogP contribution is -2.46. The SMILES string of the molecule is CCCCN(CCCC)C(=O)c1cc(C)n(-c2ccc(NC(=O)Cc3ccc(Cl)cc3)cc2C(=O)N2Cc3ccccc3C[C@H]2CO)n1. The Hall–Kier alpha value is -4.47. The first-order chi connectivity index (χ1) is 23.2. The molecular weight excluding hydrogens is 626 g/mol. The summed E-state index contributed by atoms with van der Waals surface area (Å²) < 4.78 is 1.63. The number of hydrogen-bond acceptors (Lipinski definition) is 5. The summed E-state index contributed by atoms with van der Waals surface area (Å²) in [6.45, 7) is 7.52. The minimum Gasteiger partial charge on any atom is -0.394 e. The van der Waals surface area contributed by atoms with Gasteiger partial charge in [-0.15, -0.1) is 0 Å². The third-order valence-corrected chi connectivity index (χ3v) is 9.05. The third kappa shape index (κ3) is 8.14. The average molecular weight is 670 g/mol. The molecule has 1 atom stereocenters. The van der Waals surface area contributed by atoms with Gasteiger partial charge in [0.25, 0.3) is 11.8 Å². The van der Waals surface area contributed by atoms with Crippen molar-refractivity contribution in [3.8, 4) is 5.69 Å². The lowest BCUT2D eigenvalue weighted by molar-refractivity contribution is -0.115. The first-order valence-corrected chi connectivity index (χ1v) is 17.1. The zero-order chi connectivity index (χ0) is 34.2. The molecule has 3 aromatic carbocycles. The Labute approximate surface area is 287 Å². The lowest BCUT2D eigenvalue weighted by atomic mass is 9.93. The molecule has 1 aliphatic rings. The molecule has 0 fully saturated rings. The smallest absolute Gasteiger partial charge is 0.274 e. The molecule has 5 rings (SSSR count). The molecule has 1 aromatic heterocycles. The minimum atomic E-state index is -0.426. The molecule has 48 heavy (non-hydrogen) atoms. The first kappa shape index (κ1) is 34.9. The minimum absolute atomic E-state index is 0.133. The van der Waals surface area contributed by atoms with E-state index in [-0.39, 0.29) is 30.7 Å². The highest BCUT2D eigenvalue weighted by Gasteiger charge is 2.32. The summed E-state index contributed by atoms with van der Waals surface area (Å²) in [4.78, 5) is 44.8. The van der Waals surface area contributed by atoms with Gasteiger partial charge >= 0.3 is 0 Å². The van der Waals surface area contributed by atoms with Gasteiger partial charge in [-0.1, -0.05) is 74.7 Å². The molecule has 10 heteroatoms. The van der Waals surface area contributed by atoms with Crippen LogP contribution in [0.25, 0.3) is 5.69 Å². The second-order valence-electron chi connectivity index (χ2n) is 12.4. The predicted octanol–water partition coefficient (Wildman–Crippen LogP) is 6.62. The number of nitrogens with zero attached hydrogens (tertiary/aromatic N) is 4. The molecule has 0 radical (unpaired) electrons. The van der Waals surface area contributed by atoms with Gasteiger partial charge in [-0.05, 0) is 79.3 Å². The van der Waals surface area contributed by atoms with Crippen molar-refractivity contribution in [3.05, 3.63) is 111 Å². The summed E-state index contributed by atoms with van der Waals surface area (Å²) in [5.74, 6) is -0.681. The number of carbonyl (C=O) groups is 3. The van der Waals surface area contributed by atoms with Crippen molar-refractivity contribution >= 4 is 35.0 Å². The Morgan fingerprint density at radius 2 is 1.65 bits per heavy atom. The molecule has 0 bridgehead atoms. The van der Waals surface area contributed by atoms with Gasteiger partial charge < -0.3 is 20.2 Å². The maximum atomic E-state index is 14.5. The molecule has 0 unspecified atom stereocenters. The Bertz CT molecular complexity index is 1740. The molecular formula is C38H44ClN5O4. The summed E-state index contributed by atoms with van der Waals surface area (Å²) in [6.07, 6.45) is 4.43. The molecule has 252 valence electrons. The summed E-state index contributed by atoms with van der Waals surface area (Å²) in [5, 5.41) is 18.6. The van der Waals surface area contributed by atoms with E-state index in [1.807, 2.05) is 36.1 Å². The summed E-state index contributed by atoms with van der Waals surface area (Å²) in [6, 6.07) is 21.5. The lowest BCUT2D eigenvalue weighted by Gasteiger charge is -2.36. The molecule has 0 aliphatic carbocycles. The summed E-state index contributed by atoms with van der Waals surface area (Å²) in [7, 11) is 0. The van der Waals surface area contributed by atoms with Crippen molar-refractivity contribution in [1.29, 1.82) is 0 Å². The quantitative estimate of drug-likeness (QED) is 0.166. The number of carbonyl (C=O) groups excluding carboxylic acids is 3. The number of rotatable bonds is 13. The number of fused-ring (bicyclic) bond motifs is 1. The number of unbranched alkanes of at least 4 members (excludes halogenated alkanes) is 2. The van der Waals surface area contributed by atoms with Crippen LogP contribution in [-0.4, -0.2) is 68.1 Å². The number of hydrogen-bond donors (Lipinski definition) is 2. The van der Waals surface area contributed by atoms with Gasteiger partial charge in [0.05, 0.1) is 30.3 Å². The van der Waals surface area contributed by atoms with Crippen molar-refractivity contribution in [1.82, 2.24) is 19.6 Å². The van der Waals surface area contributed by atoms with Crippen molar-refractivity contribution in [3.63, 3.8) is 0 Å². The van der Waals surface area contributed by atoms with E-state index in [0.717, 1.165) is 42.4 Å². The standard InChI is InChI=1S/C38H44ClN5O4/c1-4-6-18-42(19-7-5-2)38(48)34-20-26(3)44(41-34)35-17-16-31(40-36(46)21-27-12-14-30(39)15-13-27)23-33(35)37(47)43-24-29-11-9-8-10-28(29)22-32(43)25-45/h8-17,20,23,32,45H,4-7,18-19,21-22,24-25H2,1-3H3,(H,40,46)/t32-/m0/s1. The van der Waals surface area contributed by atoms with Crippen molar-refractivity contribution in [2.75, 3.05) is 25.0 Å². The highest BCUT2D eigenvalue weighted by Crippen LogP contribution is 2.29. The number of amides is 3. The number of aliphatic hydroxyl groups is 1. The largest absolute Gasteiger partial charge is 0.394 e. The van der Waals surface area contributed by atoms with Crippen molar-refractivity contribution in [2.45, 2.75) is 71.9 Å². The first-order valence-electron chi connectivity index (χ1n) is 16.8. The van der Waals surface area contributed by atoms with Crippen LogP contribution < -0.4 is 5.32 Å². The van der Waals surface area contributed by atoms with E-state index in [9.17, 15) is 19.5 Å².